The summed E-state index contributed by atoms with van der Waals surface area (Å²) in [4.78, 5) is 30.6. The zero-order valence-electron chi connectivity index (χ0n) is 19.2. The number of para-hydroxylation sites is 2. The molecule has 174 valence electrons. The SMILES string of the molecule is COCC(=O)N(CC(=O)N1CCc2sccc2C1COc1ccccc1OC)CC(C)C. The minimum Gasteiger partial charge on any atom is -0.493 e. The highest BCUT2D eigenvalue weighted by molar-refractivity contribution is 7.10. The number of hydrogen-bond donors (Lipinski definition) is 0. The first-order chi connectivity index (χ1) is 15.4. The lowest BCUT2D eigenvalue weighted by molar-refractivity contribution is -0.145. The smallest absolute Gasteiger partial charge is 0.249 e. The molecule has 32 heavy (non-hydrogen) atoms. The summed E-state index contributed by atoms with van der Waals surface area (Å²) in [6.07, 6.45) is 0.806. The summed E-state index contributed by atoms with van der Waals surface area (Å²) in [6.45, 7) is 5.47. The van der Waals surface area contributed by atoms with Gasteiger partial charge in [-0.3, -0.25) is 9.59 Å². The Morgan fingerprint density at radius 1 is 1.19 bits per heavy atom. The van der Waals surface area contributed by atoms with E-state index in [4.69, 9.17) is 14.2 Å². The molecule has 0 saturated carbocycles. The van der Waals surface area contributed by atoms with E-state index in [0.717, 1.165) is 12.0 Å². The van der Waals surface area contributed by atoms with Crippen LogP contribution in [0.4, 0.5) is 0 Å². The fraction of sp³-hybridized carbons (Fsp3) is 0.500. The van der Waals surface area contributed by atoms with Crippen molar-refractivity contribution in [1.29, 1.82) is 0 Å². The predicted molar refractivity (Wildman–Crippen MR) is 124 cm³/mol. The molecule has 0 saturated heterocycles. The van der Waals surface area contributed by atoms with Gasteiger partial charge in [-0.1, -0.05) is 26.0 Å². The summed E-state index contributed by atoms with van der Waals surface area (Å²) in [5, 5.41) is 2.06. The van der Waals surface area contributed by atoms with Crippen LogP contribution in [0.25, 0.3) is 0 Å². The first-order valence-electron chi connectivity index (χ1n) is 10.8. The molecular weight excluding hydrogens is 428 g/mol. The lowest BCUT2D eigenvalue weighted by Gasteiger charge is -2.37. The number of carbonyl (C=O) groups is 2. The molecule has 2 aromatic rings. The van der Waals surface area contributed by atoms with E-state index in [2.05, 4.69) is 11.4 Å². The van der Waals surface area contributed by atoms with Crippen molar-refractivity contribution in [3.63, 3.8) is 0 Å². The summed E-state index contributed by atoms with van der Waals surface area (Å²) in [7, 11) is 3.09. The van der Waals surface area contributed by atoms with Crippen LogP contribution in [0.3, 0.4) is 0 Å². The van der Waals surface area contributed by atoms with Gasteiger partial charge in [-0.15, -0.1) is 11.3 Å². The molecule has 1 atom stereocenters. The Hall–Kier alpha value is -2.58. The number of rotatable bonds is 10. The van der Waals surface area contributed by atoms with E-state index in [-0.39, 0.29) is 36.9 Å². The van der Waals surface area contributed by atoms with Crippen LogP contribution < -0.4 is 9.47 Å². The molecular formula is C24H32N2O5S. The molecule has 2 heterocycles. The molecule has 0 bridgehead atoms. The number of carbonyl (C=O) groups excluding carboxylic acids is 2. The van der Waals surface area contributed by atoms with Gasteiger partial charge in [0, 0.05) is 25.1 Å². The molecule has 0 spiro atoms. The fourth-order valence-electron chi connectivity index (χ4n) is 3.95. The second-order valence-corrected chi connectivity index (χ2v) is 9.22. The highest BCUT2D eigenvalue weighted by Crippen LogP contribution is 2.35. The number of amides is 2. The fourth-order valence-corrected chi connectivity index (χ4v) is 4.87. The van der Waals surface area contributed by atoms with Gasteiger partial charge in [-0.25, -0.2) is 0 Å². The normalized spacial score (nSPS) is 15.4. The largest absolute Gasteiger partial charge is 0.493 e. The number of thiophene rings is 1. The number of ether oxygens (including phenoxy) is 3. The topological polar surface area (TPSA) is 68.3 Å². The van der Waals surface area contributed by atoms with Gasteiger partial charge in [0.25, 0.3) is 0 Å². The Bertz CT molecular complexity index is 913. The van der Waals surface area contributed by atoms with Crippen molar-refractivity contribution in [1.82, 2.24) is 9.80 Å². The Morgan fingerprint density at radius 2 is 1.94 bits per heavy atom. The number of methoxy groups -OCH3 is 2. The molecule has 0 aliphatic carbocycles. The average Bonchev–Trinajstić information content (AvgIpc) is 3.26. The summed E-state index contributed by atoms with van der Waals surface area (Å²) in [5.74, 6) is 1.28. The van der Waals surface area contributed by atoms with Crippen LogP contribution in [0.5, 0.6) is 11.5 Å². The van der Waals surface area contributed by atoms with Gasteiger partial charge < -0.3 is 24.0 Å². The molecule has 0 fully saturated rings. The Morgan fingerprint density at radius 3 is 2.62 bits per heavy atom. The van der Waals surface area contributed by atoms with Crippen LogP contribution in [-0.4, -0.2) is 68.7 Å². The van der Waals surface area contributed by atoms with E-state index in [0.29, 0.717) is 31.2 Å². The van der Waals surface area contributed by atoms with Crippen molar-refractivity contribution in [2.45, 2.75) is 26.3 Å². The molecule has 2 amide bonds. The maximum absolute atomic E-state index is 13.4. The van der Waals surface area contributed by atoms with Crippen molar-refractivity contribution < 1.29 is 23.8 Å². The van der Waals surface area contributed by atoms with Crippen molar-refractivity contribution in [2.24, 2.45) is 5.92 Å². The molecule has 1 unspecified atom stereocenters. The highest BCUT2D eigenvalue weighted by Gasteiger charge is 2.33. The van der Waals surface area contributed by atoms with Gasteiger partial charge in [0.2, 0.25) is 11.8 Å². The van der Waals surface area contributed by atoms with Crippen LogP contribution in [0.15, 0.2) is 35.7 Å². The Labute approximate surface area is 193 Å². The van der Waals surface area contributed by atoms with Crippen LogP contribution in [-0.2, 0) is 20.7 Å². The maximum atomic E-state index is 13.4. The quantitative estimate of drug-likeness (QED) is 0.544. The Kier molecular flexibility index (Phi) is 8.53. The maximum Gasteiger partial charge on any atom is 0.249 e. The molecule has 0 N–H and O–H groups in total. The van der Waals surface area contributed by atoms with E-state index in [1.54, 1.807) is 23.3 Å². The number of hydrogen-bond acceptors (Lipinski definition) is 6. The van der Waals surface area contributed by atoms with E-state index in [1.807, 2.05) is 43.0 Å². The monoisotopic (exact) mass is 460 g/mol. The van der Waals surface area contributed by atoms with Gasteiger partial charge in [0.15, 0.2) is 11.5 Å². The summed E-state index contributed by atoms with van der Waals surface area (Å²) in [5.41, 5.74) is 1.11. The van der Waals surface area contributed by atoms with Crippen LogP contribution >= 0.6 is 11.3 Å². The second kappa shape index (κ2) is 11.3. The van der Waals surface area contributed by atoms with Gasteiger partial charge in [-0.05, 0) is 41.5 Å². The van der Waals surface area contributed by atoms with Crippen molar-refractivity contribution >= 4 is 23.2 Å². The summed E-state index contributed by atoms with van der Waals surface area (Å²) in [6, 6.07) is 9.33. The highest BCUT2D eigenvalue weighted by atomic mass is 32.1. The van der Waals surface area contributed by atoms with E-state index < -0.39 is 0 Å². The number of fused-ring (bicyclic) bond motifs is 1. The van der Waals surface area contributed by atoms with Crippen molar-refractivity contribution in [2.75, 3.05) is 47.1 Å². The van der Waals surface area contributed by atoms with E-state index >= 15 is 0 Å². The minimum absolute atomic E-state index is 0.0327. The summed E-state index contributed by atoms with van der Waals surface area (Å²) < 4.78 is 16.5. The third kappa shape index (κ3) is 5.81. The third-order valence-corrected chi connectivity index (χ3v) is 6.41. The summed E-state index contributed by atoms with van der Waals surface area (Å²) >= 11 is 1.71. The lowest BCUT2D eigenvalue weighted by Crippen LogP contribution is -2.49. The molecule has 3 rings (SSSR count). The lowest BCUT2D eigenvalue weighted by atomic mass is 10.0. The minimum atomic E-state index is -0.221. The molecule has 0 radical (unpaired) electrons. The van der Waals surface area contributed by atoms with Gasteiger partial charge in [-0.2, -0.15) is 0 Å². The second-order valence-electron chi connectivity index (χ2n) is 8.22. The van der Waals surface area contributed by atoms with Crippen LogP contribution in [0.2, 0.25) is 0 Å². The van der Waals surface area contributed by atoms with E-state index in [1.165, 1.54) is 12.0 Å². The zero-order valence-corrected chi connectivity index (χ0v) is 20.0. The molecule has 8 heteroatoms. The molecule has 1 aliphatic heterocycles. The van der Waals surface area contributed by atoms with Gasteiger partial charge >= 0.3 is 0 Å². The Balaban J connectivity index is 1.78. The molecule has 7 nitrogen and oxygen atoms in total. The third-order valence-electron chi connectivity index (χ3n) is 5.41. The van der Waals surface area contributed by atoms with Crippen molar-refractivity contribution in [3.8, 4) is 11.5 Å². The zero-order chi connectivity index (χ0) is 23.1. The van der Waals surface area contributed by atoms with Gasteiger partial charge in [0.1, 0.15) is 13.2 Å². The molecule has 1 aliphatic rings. The number of benzene rings is 1. The molecule has 1 aromatic heterocycles. The van der Waals surface area contributed by atoms with Crippen LogP contribution in [0.1, 0.15) is 30.3 Å². The van der Waals surface area contributed by atoms with E-state index in [9.17, 15) is 9.59 Å². The van der Waals surface area contributed by atoms with Crippen LogP contribution in [0, 0.1) is 5.92 Å². The predicted octanol–water partition coefficient (Wildman–Crippen LogP) is 3.39. The molecule has 1 aromatic carbocycles. The first-order valence-corrected chi connectivity index (χ1v) is 11.7. The average molecular weight is 461 g/mol. The first kappa shape index (κ1) is 24.1. The van der Waals surface area contributed by atoms with Crippen molar-refractivity contribution in [3.05, 3.63) is 46.2 Å². The van der Waals surface area contributed by atoms with Gasteiger partial charge in [0.05, 0.1) is 19.7 Å². The number of nitrogens with zero attached hydrogens (tertiary/aromatic N) is 2. The standard InChI is InChI=1S/C24H32N2O5S/c1-17(2)13-25(24(28)16-29-3)14-23(27)26-11-9-22-18(10-12-32-22)19(26)15-31-21-8-6-5-7-20(21)30-4/h5-8,10,12,17,19H,9,11,13-16H2,1-4H3.